The third-order valence-corrected chi connectivity index (χ3v) is 11.9. The van der Waals surface area contributed by atoms with Gasteiger partial charge in [-0.1, -0.05) is 194 Å². The first-order chi connectivity index (χ1) is 30.2. The SMILES string of the molecule is c1ccc(-c2ccc(-c3nc(-c4ccc5ccccc5c4)nc(-c4cc5oc6c(-c7ccc(-c8ccc9ccccc9c8)cc7)cccc6c5c5ccccc45)n3)cc2)cc1. The van der Waals surface area contributed by atoms with Gasteiger partial charge < -0.3 is 4.42 Å². The second-order valence-electron chi connectivity index (χ2n) is 15.6. The molecule has 10 aromatic carbocycles. The summed E-state index contributed by atoms with van der Waals surface area (Å²) in [5.74, 6) is 1.81. The van der Waals surface area contributed by atoms with Gasteiger partial charge in [0, 0.05) is 33.0 Å². The molecule has 0 bridgehead atoms. The predicted molar refractivity (Wildman–Crippen MR) is 252 cm³/mol. The number of hydrogen-bond acceptors (Lipinski definition) is 4. The van der Waals surface area contributed by atoms with Crippen LogP contribution in [0.4, 0.5) is 0 Å². The Hall–Kier alpha value is -8.21. The predicted octanol–water partition coefficient (Wildman–Crippen LogP) is 15.2. The van der Waals surface area contributed by atoms with Crippen molar-refractivity contribution in [3.05, 3.63) is 212 Å². The molecule has 12 aromatic rings. The van der Waals surface area contributed by atoms with Gasteiger partial charge >= 0.3 is 0 Å². The van der Waals surface area contributed by atoms with Crippen LogP contribution in [0, 0.1) is 0 Å². The van der Waals surface area contributed by atoms with Crippen molar-refractivity contribution in [3.63, 3.8) is 0 Å². The van der Waals surface area contributed by atoms with Crippen LogP contribution in [0.1, 0.15) is 0 Å². The molecule has 0 aliphatic rings. The summed E-state index contributed by atoms with van der Waals surface area (Å²) in [6, 6.07) is 74.6. The standard InChI is InChI=1S/C57H35N3O/c1-2-11-36(12-3-1)39-23-29-42(30-24-39)55-58-56(46-32-26-38-14-5-7-16-44(38)34-46)60-57(59-55)51-35-52-53(49-18-9-8-17-48(49)51)50-20-10-19-47(54(50)61-52)41-27-21-40(22-28-41)45-31-25-37-13-4-6-15-43(37)33-45/h1-35H. The van der Waals surface area contributed by atoms with Gasteiger partial charge in [0.2, 0.25) is 0 Å². The molecule has 0 N–H and O–H groups in total. The van der Waals surface area contributed by atoms with E-state index in [0.29, 0.717) is 17.5 Å². The van der Waals surface area contributed by atoms with E-state index in [1.807, 2.05) is 6.07 Å². The average Bonchev–Trinajstić information content (AvgIpc) is 3.73. The van der Waals surface area contributed by atoms with Crippen LogP contribution in [0.25, 0.3) is 122 Å². The van der Waals surface area contributed by atoms with Crippen molar-refractivity contribution in [1.82, 2.24) is 15.0 Å². The molecule has 0 saturated carbocycles. The van der Waals surface area contributed by atoms with E-state index < -0.39 is 0 Å². The maximum atomic E-state index is 6.93. The van der Waals surface area contributed by atoms with Crippen molar-refractivity contribution in [1.29, 1.82) is 0 Å². The Morgan fingerprint density at radius 1 is 0.279 bits per heavy atom. The summed E-state index contributed by atoms with van der Waals surface area (Å²) in [5, 5.41) is 9.04. The molecular formula is C57H35N3O. The van der Waals surface area contributed by atoms with Crippen molar-refractivity contribution < 1.29 is 4.42 Å². The average molecular weight is 778 g/mol. The van der Waals surface area contributed by atoms with Crippen molar-refractivity contribution in [3.8, 4) is 67.5 Å². The second-order valence-corrected chi connectivity index (χ2v) is 15.6. The number of para-hydroxylation sites is 1. The summed E-state index contributed by atoms with van der Waals surface area (Å²) in [4.78, 5) is 15.6. The van der Waals surface area contributed by atoms with E-state index in [0.717, 1.165) is 77.0 Å². The number of benzene rings is 10. The van der Waals surface area contributed by atoms with Crippen LogP contribution < -0.4 is 0 Å². The minimum atomic E-state index is 0.586. The molecule has 61 heavy (non-hydrogen) atoms. The number of hydrogen-bond donors (Lipinski definition) is 0. The summed E-state index contributed by atoms with van der Waals surface area (Å²) < 4.78 is 6.93. The first-order valence-electron chi connectivity index (χ1n) is 20.6. The van der Waals surface area contributed by atoms with E-state index in [4.69, 9.17) is 19.4 Å². The fourth-order valence-electron chi connectivity index (χ4n) is 8.81. The zero-order valence-electron chi connectivity index (χ0n) is 33.0. The molecule has 2 heterocycles. The Morgan fingerprint density at radius 3 is 1.49 bits per heavy atom. The molecule has 0 saturated heterocycles. The van der Waals surface area contributed by atoms with E-state index >= 15 is 0 Å². The highest BCUT2D eigenvalue weighted by molar-refractivity contribution is 6.23. The number of furan rings is 1. The fourth-order valence-corrected chi connectivity index (χ4v) is 8.81. The highest BCUT2D eigenvalue weighted by Crippen LogP contribution is 2.43. The third-order valence-electron chi connectivity index (χ3n) is 11.9. The van der Waals surface area contributed by atoms with Crippen LogP contribution in [-0.2, 0) is 0 Å². The molecule has 284 valence electrons. The minimum Gasteiger partial charge on any atom is -0.455 e. The van der Waals surface area contributed by atoms with E-state index in [9.17, 15) is 0 Å². The normalized spacial score (nSPS) is 11.6. The molecule has 0 radical (unpaired) electrons. The molecule has 12 rings (SSSR count). The highest BCUT2D eigenvalue weighted by atomic mass is 16.3. The van der Waals surface area contributed by atoms with Gasteiger partial charge in [-0.15, -0.1) is 0 Å². The lowest BCUT2D eigenvalue weighted by atomic mass is 9.96. The first kappa shape index (κ1) is 34.8. The zero-order chi connectivity index (χ0) is 40.3. The quantitative estimate of drug-likeness (QED) is 0.169. The summed E-state index contributed by atoms with van der Waals surface area (Å²) >= 11 is 0. The monoisotopic (exact) mass is 777 g/mol. The van der Waals surface area contributed by atoms with Crippen LogP contribution >= 0.6 is 0 Å². The van der Waals surface area contributed by atoms with Gasteiger partial charge in [0.1, 0.15) is 11.2 Å². The van der Waals surface area contributed by atoms with Crippen molar-refractivity contribution in [2.75, 3.05) is 0 Å². The summed E-state index contributed by atoms with van der Waals surface area (Å²) in [6.07, 6.45) is 0. The zero-order valence-corrected chi connectivity index (χ0v) is 33.0. The molecule has 0 atom stereocenters. The molecule has 0 unspecified atom stereocenters. The Labute approximate surface area is 352 Å². The van der Waals surface area contributed by atoms with Crippen LogP contribution in [0.5, 0.6) is 0 Å². The molecule has 0 spiro atoms. The Morgan fingerprint density at radius 2 is 0.770 bits per heavy atom. The van der Waals surface area contributed by atoms with E-state index in [1.54, 1.807) is 0 Å². The molecular weight excluding hydrogens is 743 g/mol. The van der Waals surface area contributed by atoms with E-state index in [2.05, 4.69) is 206 Å². The molecule has 0 aliphatic carbocycles. The second kappa shape index (κ2) is 14.3. The van der Waals surface area contributed by atoms with Crippen LogP contribution in [-0.4, -0.2) is 15.0 Å². The first-order valence-corrected chi connectivity index (χ1v) is 20.6. The maximum Gasteiger partial charge on any atom is 0.164 e. The smallest absolute Gasteiger partial charge is 0.164 e. The molecule has 4 nitrogen and oxygen atoms in total. The van der Waals surface area contributed by atoms with Crippen LogP contribution in [0.2, 0.25) is 0 Å². The molecule has 0 aliphatic heterocycles. The highest BCUT2D eigenvalue weighted by Gasteiger charge is 2.21. The van der Waals surface area contributed by atoms with Gasteiger partial charge in [0.05, 0.1) is 0 Å². The Kier molecular flexibility index (Phi) is 8.13. The fraction of sp³-hybridized carbons (Fsp3) is 0. The largest absolute Gasteiger partial charge is 0.455 e. The van der Waals surface area contributed by atoms with Gasteiger partial charge in [0.15, 0.2) is 17.5 Å². The van der Waals surface area contributed by atoms with Gasteiger partial charge in [0.25, 0.3) is 0 Å². The molecule has 0 fully saturated rings. The van der Waals surface area contributed by atoms with Crippen molar-refractivity contribution in [2.45, 2.75) is 0 Å². The van der Waals surface area contributed by atoms with Crippen LogP contribution in [0.15, 0.2) is 217 Å². The molecule has 2 aromatic heterocycles. The Bertz CT molecular complexity index is 3630. The lowest BCUT2D eigenvalue weighted by molar-refractivity contribution is 0.670. The maximum absolute atomic E-state index is 6.93. The van der Waals surface area contributed by atoms with Crippen molar-refractivity contribution >= 4 is 54.3 Å². The lowest BCUT2D eigenvalue weighted by Gasteiger charge is -2.12. The van der Waals surface area contributed by atoms with Gasteiger partial charge in [-0.05, 0) is 78.3 Å². The van der Waals surface area contributed by atoms with E-state index in [-0.39, 0.29) is 0 Å². The van der Waals surface area contributed by atoms with Crippen LogP contribution in [0.3, 0.4) is 0 Å². The van der Waals surface area contributed by atoms with Crippen molar-refractivity contribution in [2.24, 2.45) is 0 Å². The van der Waals surface area contributed by atoms with Gasteiger partial charge in [-0.3, -0.25) is 0 Å². The summed E-state index contributed by atoms with van der Waals surface area (Å²) in [7, 11) is 0. The van der Waals surface area contributed by atoms with Gasteiger partial charge in [-0.25, -0.2) is 15.0 Å². The number of rotatable bonds is 6. The molecule has 0 amide bonds. The number of fused-ring (bicyclic) bond motifs is 7. The number of aromatic nitrogens is 3. The number of nitrogens with zero attached hydrogens (tertiary/aromatic N) is 3. The summed E-state index contributed by atoms with van der Waals surface area (Å²) in [6.45, 7) is 0. The van der Waals surface area contributed by atoms with Gasteiger partial charge in [-0.2, -0.15) is 0 Å². The topological polar surface area (TPSA) is 51.8 Å². The molecule has 4 heteroatoms. The van der Waals surface area contributed by atoms with E-state index in [1.165, 1.54) is 27.3 Å². The lowest BCUT2D eigenvalue weighted by Crippen LogP contribution is -2.00. The minimum absolute atomic E-state index is 0.586. The summed E-state index contributed by atoms with van der Waals surface area (Å²) in [5.41, 5.74) is 11.2. The third kappa shape index (κ3) is 6.12. The Balaban J connectivity index is 1.01.